The first kappa shape index (κ1) is 19.9. The number of benzene rings is 2. The van der Waals surface area contributed by atoms with Crippen LogP contribution in [0.5, 0.6) is 0 Å². The molecule has 0 unspecified atom stereocenters. The van der Waals surface area contributed by atoms with Gasteiger partial charge in [-0.1, -0.05) is 43.7 Å². The Morgan fingerprint density at radius 1 is 1.00 bits per heavy atom. The van der Waals surface area contributed by atoms with Crippen molar-refractivity contribution in [3.8, 4) is 0 Å². The van der Waals surface area contributed by atoms with Crippen molar-refractivity contribution in [3.63, 3.8) is 0 Å². The van der Waals surface area contributed by atoms with E-state index in [4.69, 9.17) is 4.42 Å². The summed E-state index contributed by atoms with van der Waals surface area (Å²) in [7, 11) is -3.57. The Morgan fingerprint density at radius 3 is 2.39 bits per heavy atom. The summed E-state index contributed by atoms with van der Waals surface area (Å²) in [5, 5.41) is 2.77. The molecule has 0 bridgehead atoms. The molecular formula is C22H23NO4S. The second kappa shape index (κ2) is 8.89. The van der Waals surface area contributed by atoms with Crippen LogP contribution in [-0.4, -0.2) is 14.3 Å². The summed E-state index contributed by atoms with van der Waals surface area (Å²) in [6.07, 6.45) is 4.59. The number of amides is 1. The smallest absolute Gasteiger partial charge is 0.291 e. The molecule has 1 amide bonds. The van der Waals surface area contributed by atoms with Gasteiger partial charge in [-0.3, -0.25) is 4.79 Å². The Kier molecular flexibility index (Phi) is 6.31. The summed E-state index contributed by atoms with van der Waals surface area (Å²) in [6, 6.07) is 17.3. The highest BCUT2D eigenvalue weighted by Crippen LogP contribution is 2.21. The van der Waals surface area contributed by atoms with Crippen LogP contribution in [0.15, 0.2) is 76.2 Å². The van der Waals surface area contributed by atoms with E-state index in [1.807, 2.05) is 24.3 Å². The zero-order valence-corrected chi connectivity index (χ0v) is 16.5. The topological polar surface area (TPSA) is 76.4 Å². The lowest BCUT2D eigenvalue weighted by Crippen LogP contribution is -2.14. The number of aryl methyl sites for hydroxylation is 1. The molecule has 1 aromatic heterocycles. The average molecular weight is 397 g/mol. The third kappa shape index (κ3) is 4.89. The second-order valence-electron chi connectivity index (χ2n) is 6.60. The fraction of sp³-hybridized carbons (Fsp3) is 0.227. The van der Waals surface area contributed by atoms with Crippen LogP contribution in [0.2, 0.25) is 0 Å². The van der Waals surface area contributed by atoms with Gasteiger partial charge in [0.15, 0.2) is 15.6 Å². The fourth-order valence-corrected chi connectivity index (χ4v) is 4.26. The van der Waals surface area contributed by atoms with Gasteiger partial charge in [0.1, 0.15) is 0 Å². The largest absolute Gasteiger partial charge is 0.459 e. The number of carbonyl (C=O) groups is 1. The maximum Gasteiger partial charge on any atom is 0.291 e. The van der Waals surface area contributed by atoms with Crippen molar-refractivity contribution in [3.05, 3.63) is 83.8 Å². The molecule has 0 saturated heterocycles. The molecule has 0 radical (unpaired) electrons. The summed E-state index contributed by atoms with van der Waals surface area (Å²) < 4.78 is 30.4. The lowest BCUT2D eigenvalue weighted by atomic mass is 10.1. The first-order valence-corrected chi connectivity index (χ1v) is 10.9. The average Bonchev–Trinajstić information content (AvgIpc) is 3.15. The molecule has 3 aromatic rings. The van der Waals surface area contributed by atoms with Gasteiger partial charge in [-0.15, -0.1) is 0 Å². The highest BCUT2D eigenvalue weighted by molar-refractivity contribution is 7.90. The zero-order chi connectivity index (χ0) is 20.0. The number of rotatable bonds is 8. The molecule has 0 saturated carbocycles. The minimum atomic E-state index is -3.57. The summed E-state index contributed by atoms with van der Waals surface area (Å²) >= 11 is 0. The van der Waals surface area contributed by atoms with E-state index in [0.29, 0.717) is 11.3 Å². The van der Waals surface area contributed by atoms with Crippen molar-refractivity contribution in [2.24, 2.45) is 0 Å². The molecule has 0 spiro atoms. The van der Waals surface area contributed by atoms with E-state index in [1.165, 1.54) is 30.0 Å². The molecule has 0 aliphatic rings. The number of nitrogens with one attached hydrogen (secondary N) is 1. The minimum Gasteiger partial charge on any atom is -0.459 e. The molecule has 0 fully saturated rings. The first-order chi connectivity index (χ1) is 13.5. The number of furan rings is 1. The van der Waals surface area contributed by atoms with Crippen molar-refractivity contribution in [2.75, 3.05) is 5.32 Å². The van der Waals surface area contributed by atoms with E-state index < -0.39 is 15.7 Å². The highest BCUT2D eigenvalue weighted by atomic mass is 32.2. The highest BCUT2D eigenvalue weighted by Gasteiger charge is 2.22. The fourth-order valence-electron chi connectivity index (χ4n) is 2.89. The van der Waals surface area contributed by atoms with Crippen molar-refractivity contribution in [1.29, 1.82) is 0 Å². The Labute approximate surface area is 165 Å². The zero-order valence-electron chi connectivity index (χ0n) is 15.7. The third-order valence-corrected chi connectivity index (χ3v) is 6.11. The van der Waals surface area contributed by atoms with Crippen LogP contribution in [0.1, 0.15) is 41.4 Å². The number of unbranched alkanes of at least 4 members (excludes halogenated alkanes) is 1. The van der Waals surface area contributed by atoms with Gasteiger partial charge in [0.2, 0.25) is 0 Å². The van der Waals surface area contributed by atoms with Crippen LogP contribution in [0, 0.1) is 0 Å². The molecule has 5 nitrogen and oxygen atoms in total. The molecule has 28 heavy (non-hydrogen) atoms. The van der Waals surface area contributed by atoms with Crippen molar-refractivity contribution < 1.29 is 17.6 Å². The molecule has 1 N–H and O–H groups in total. The molecule has 0 aliphatic heterocycles. The molecule has 146 valence electrons. The molecule has 0 atom stereocenters. The maximum atomic E-state index is 12.6. The van der Waals surface area contributed by atoms with Gasteiger partial charge in [0.05, 0.1) is 16.9 Å². The molecule has 1 heterocycles. The van der Waals surface area contributed by atoms with Gasteiger partial charge in [-0.25, -0.2) is 8.42 Å². The standard InChI is InChI=1S/C22H23NO4S/c1-2-3-7-17-10-12-19(13-11-17)23-22(24)21-18(14-15-27-21)16-28(25,26)20-8-5-4-6-9-20/h4-6,8-15H,2-3,7,16H2,1H3,(H,23,24). The van der Waals surface area contributed by atoms with E-state index in [-0.39, 0.29) is 16.4 Å². The summed E-state index contributed by atoms with van der Waals surface area (Å²) in [4.78, 5) is 12.8. The van der Waals surface area contributed by atoms with E-state index in [0.717, 1.165) is 19.3 Å². The van der Waals surface area contributed by atoms with Crippen LogP contribution in [0.4, 0.5) is 5.69 Å². The summed E-state index contributed by atoms with van der Waals surface area (Å²) in [5.74, 6) is -0.759. The van der Waals surface area contributed by atoms with Crippen LogP contribution < -0.4 is 5.32 Å². The monoisotopic (exact) mass is 397 g/mol. The second-order valence-corrected chi connectivity index (χ2v) is 8.59. The van der Waals surface area contributed by atoms with Crippen molar-refractivity contribution in [1.82, 2.24) is 0 Å². The Hall–Kier alpha value is -2.86. The quantitative estimate of drug-likeness (QED) is 0.590. The van der Waals surface area contributed by atoms with Gasteiger partial charge < -0.3 is 9.73 Å². The predicted octanol–water partition coefficient (Wildman–Crippen LogP) is 4.85. The van der Waals surface area contributed by atoms with E-state index in [2.05, 4.69) is 12.2 Å². The minimum absolute atomic E-state index is 0.00886. The normalized spacial score (nSPS) is 11.3. The van der Waals surface area contributed by atoms with Gasteiger partial charge >= 0.3 is 0 Å². The lowest BCUT2D eigenvalue weighted by Gasteiger charge is -2.07. The number of carbonyl (C=O) groups excluding carboxylic acids is 1. The molecule has 3 rings (SSSR count). The van der Waals surface area contributed by atoms with Crippen molar-refractivity contribution >= 4 is 21.4 Å². The van der Waals surface area contributed by atoms with Crippen LogP contribution in [0.25, 0.3) is 0 Å². The predicted molar refractivity (Wildman–Crippen MR) is 109 cm³/mol. The maximum absolute atomic E-state index is 12.6. The Balaban J connectivity index is 1.71. The van der Waals surface area contributed by atoms with Crippen molar-refractivity contribution in [2.45, 2.75) is 36.8 Å². The lowest BCUT2D eigenvalue weighted by molar-refractivity contribution is 0.0996. The summed E-state index contributed by atoms with van der Waals surface area (Å²) in [6.45, 7) is 2.15. The third-order valence-electron chi connectivity index (χ3n) is 4.43. The van der Waals surface area contributed by atoms with Gasteiger partial charge in [-0.05, 0) is 48.7 Å². The number of anilines is 1. The Bertz CT molecular complexity index is 1020. The van der Waals surface area contributed by atoms with Crippen LogP contribution in [0.3, 0.4) is 0 Å². The Morgan fingerprint density at radius 2 is 1.71 bits per heavy atom. The summed E-state index contributed by atoms with van der Waals surface area (Å²) in [5.41, 5.74) is 2.19. The molecule has 0 aliphatic carbocycles. The van der Waals surface area contributed by atoms with Gasteiger partial charge in [0.25, 0.3) is 5.91 Å². The SMILES string of the molecule is CCCCc1ccc(NC(=O)c2occc2CS(=O)(=O)c2ccccc2)cc1. The van der Waals surface area contributed by atoms with E-state index in [1.54, 1.807) is 18.2 Å². The number of hydrogen-bond acceptors (Lipinski definition) is 4. The van der Waals surface area contributed by atoms with Crippen LogP contribution >= 0.6 is 0 Å². The number of sulfone groups is 1. The van der Waals surface area contributed by atoms with Gasteiger partial charge in [-0.2, -0.15) is 0 Å². The van der Waals surface area contributed by atoms with E-state index >= 15 is 0 Å². The molecular weight excluding hydrogens is 374 g/mol. The number of hydrogen-bond donors (Lipinski definition) is 1. The molecule has 2 aromatic carbocycles. The molecule has 6 heteroatoms. The van der Waals surface area contributed by atoms with Gasteiger partial charge in [0, 0.05) is 11.3 Å². The first-order valence-electron chi connectivity index (χ1n) is 9.24. The van der Waals surface area contributed by atoms with E-state index in [9.17, 15) is 13.2 Å². The van der Waals surface area contributed by atoms with Crippen LogP contribution in [-0.2, 0) is 22.0 Å².